The molecule has 0 aliphatic carbocycles. The molecule has 3 heterocycles. The average molecular weight is 479 g/mol. The predicted molar refractivity (Wildman–Crippen MR) is 131 cm³/mol. The lowest BCUT2D eigenvalue weighted by atomic mass is 10.0. The van der Waals surface area contributed by atoms with E-state index in [2.05, 4.69) is 37.3 Å². The number of rotatable bonds is 5. The molecule has 2 aromatic heterocycles. The summed E-state index contributed by atoms with van der Waals surface area (Å²) in [4.78, 5) is 15.7. The lowest BCUT2D eigenvalue weighted by molar-refractivity contribution is -0.137. The minimum absolute atomic E-state index is 0.0658. The lowest BCUT2D eigenvalue weighted by Gasteiger charge is -2.21. The SMILES string of the molecule is Cc1nc(N[C@H](C)c2cc(N)cc(C(F)(F)F)c2)c2cc3c(cc2n1)CCN3Cc1cccnc1. The molecule has 1 atom stereocenters. The second-order valence-corrected chi connectivity index (χ2v) is 8.90. The van der Waals surface area contributed by atoms with Gasteiger partial charge < -0.3 is 16.0 Å². The number of nitrogens with one attached hydrogen (secondary N) is 1. The Bertz CT molecular complexity index is 1390. The van der Waals surface area contributed by atoms with E-state index in [-0.39, 0.29) is 5.69 Å². The summed E-state index contributed by atoms with van der Waals surface area (Å²) in [6.07, 6.45) is 0.0598. The molecule has 5 rings (SSSR count). The molecule has 0 spiro atoms. The first-order valence-corrected chi connectivity index (χ1v) is 11.4. The Labute approximate surface area is 201 Å². The lowest BCUT2D eigenvalue weighted by Crippen LogP contribution is -2.19. The number of nitrogen functional groups attached to an aromatic ring is 1. The summed E-state index contributed by atoms with van der Waals surface area (Å²) >= 11 is 0. The van der Waals surface area contributed by atoms with Crippen LogP contribution in [0.4, 0.5) is 30.4 Å². The maximum atomic E-state index is 13.3. The fraction of sp³-hybridized carbons (Fsp3) is 0.269. The quantitative estimate of drug-likeness (QED) is 0.360. The first-order valence-electron chi connectivity index (χ1n) is 11.4. The zero-order valence-corrected chi connectivity index (χ0v) is 19.4. The van der Waals surface area contributed by atoms with E-state index in [0.29, 0.717) is 17.2 Å². The van der Waals surface area contributed by atoms with Gasteiger partial charge in [0.05, 0.1) is 17.1 Å². The molecular weight excluding hydrogens is 453 g/mol. The van der Waals surface area contributed by atoms with Gasteiger partial charge in [-0.2, -0.15) is 13.2 Å². The number of alkyl halides is 3. The van der Waals surface area contributed by atoms with E-state index in [4.69, 9.17) is 5.73 Å². The normalized spacial score (nSPS) is 14.3. The Morgan fingerprint density at radius 1 is 1.14 bits per heavy atom. The van der Waals surface area contributed by atoms with E-state index in [1.807, 2.05) is 18.3 Å². The molecule has 3 N–H and O–H groups in total. The van der Waals surface area contributed by atoms with Gasteiger partial charge in [-0.1, -0.05) is 6.07 Å². The molecule has 0 radical (unpaired) electrons. The summed E-state index contributed by atoms with van der Waals surface area (Å²) in [5.41, 5.74) is 9.75. The van der Waals surface area contributed by atoms with Crippen molar-refractivity contribution in [2.45, 2.75) is 39.0 Å². The van der Waals surface area contributed by atoms with Gasteiger partial charge in [-0.05, 0) is 73.4 Å². The van der Waals surface area contributed by atoms with Crippen LogP contribution in [-0.2, 0) is 19.1 Å². The maximum absolute atomic E-state index is 13.3. The van der Waals surface area contributed by atoms with Crippen LogP contribution in [0.3, 0.4) is 0 Å². The summed E-state index contributed by atoms with van der Waals surface area (Å²) in [7, 11) is 0. The summed E-state index contributed by atoms with van der Waals surface area (Å²) in [6, 6.07) is 11.3. The van der Waals surface area contributed by atoms with E-state index in [1.165, 1.54) is 5.56 Å². The molecule has 180 valence electrons. The molecule has 0 saturated heterocycles. The molecule has 0 fully saturated rings. The highest BCUT2D eigenvalue weighted by Gasteiger charge is 2.31. The van der Waals surface area contributed by atoms with Gasteiger partial charge in [-0.15, -0.1) is 0 Å². The number of pyridine rings is 1. The van der Waals surface area contributed by atoms with Crippen LogP contribution in [0.2, 0.25) is 0 Å². The number of nitrogens with zero attached hydrogens (tertiary/aromatic N) is 4. The number of fused-ring (bicyclic) bond motifs is 2. The highest BCUT2D eigenvalue weighted by Crippen LogP contribution is 2.37. The van der Waals surface area contributed by atoms with Gasteiger partial charge in [0.15, 0.2) is 0 Å². The monoisotopic (exact) mass is 478 g/mol. The highest BCUT2D eigenvalue weighted by atomic mass is 19.4. The number of anilines is 3. The molecule has 0 unspecified atom stereocenters. The third-order valence-corrected chi connectivity index (χ3v) is 6.25. The van der Waals surface area contributed by atoms with Crippen molar-refractivity contribution in [3.05, 3.63) is 82.9 Å². The molecule has 1 aliphatic rings. The van der Waals surface area contributed by atoms with Crippen molar-refractivity contribution in [3.8, 4) is 0 Å². The van der Waals surface area contributed by atoms with Gasteiger partial charge >= 0.3 is 6.18 Å². The van der Waals surface area contributed by atoms with Gasteiger partial charge in [-0.3, -0.25) is 4.98 Å². The van der Waals surface area contributed by atoms with Gasteiger partial charge in [0.1, 0.15) is 11.6 Å². The van der Waals surface area contributed by atoms with Crippen LogP contribution in [-0.4, -0.2) is 21.5 Å². The third kappa shape index (κ3) is 4.71. The van der Waals surface area contributed by atoms with Crippen molar-refractivity contribution >= 4 is 28.1 Å². The van der Waals surface area contributed by atoms with Crippen LogP contribution < -0.4 is 16.0 Å². The average Bonchev–Trinajstić information content (AvgIpc) is 3.19. The number of halogens is 3. The zero-order valence-electron chi connectivity index (χ0n) is 19.4. The van der Waals surface area contributed by atoms with E-state index in [1.54, 1.807) is 26.1 Å². The van der Waals surface area contributed by atoms with Crippen molar-refractivity contribution in [2.75, 3.05) is 22.5 Å². The van der Waals surface area contributed by atoms with Crippen molar-refractivity contribution in [1.82, 2.24) is 15.0 Å². The predicted octanol–water partition coefficient (Wildman–Crippen LogP) is 5.67. The molecule has 0 bridgehead atoms. The fourth-order valence-electron chi connectivity index (χ4n) is 4.56. The van der Waals surface area contributed by atoms with Crippen molar-refractivity contribution in [2.24, 2.45) is 0 Å². The smallest absolute Gasteiger partial charge is 0.399 e. The first-order chi connectivity index (χ1) is 16.7. The minimum Gasteiger partial charge on any atom is -0.399 e. The number of aromatic nitrogens is 3. The van der Waals surface area contributed by atoms with Crippen LogP contribution >= 0.6 is 0 Å². The third-order valence-electron chi connectivity index (χ3n) is 6.25. The van der Waals surface area contributed by atoms with Gasteiger partial charge in [0.25, 0.3) is 0 Å². The van der Waals surface area contributed by atoms with Crippen LogP contribution in [0.1, 0.15) is 41.0 Å². The van der Waals surface area contributed by atoms with Crippen LogP contribution in [0.15, 0.2) is 54.9 Å². The topological polar surface area (TPSA) is 80.0 Å². The van der Waals surface area contributed by atoms with Gasteiger partial charge in [0, 0.05) is 42.2 Å². The number of nitrogens with two attached hydrogens (primary N) is 1. The van der Waals surface area contributed by atoms with Crippen LogP contribution in [0, 0.1) is 6.92 Å². The standard InChI is InChI=1S/C26H25F3N6/c1-15(19-8-20(26(27,28)29)11-21(30)9-19)32-25-22-12-24-18(10-23(22)33-16(2)34-25)5-7-35(24)14-17-4-3-6-31-13-17/h3-4,6,8-13,15H,5,7,14,30H2,1-2H3,(H,32,33,34)/t15-/m1/s1. The summed E-state index contributed by atoms with van der Waals surface area (Å²) in [5, 5.41) is 4.12. The number of hydrogen-bond acceptors (Lipinski definition) is 6. The molecule has 6 nitrogen and oxygen atoms in total. The number of hydrogen-bond donors (Lipinski definition) is 2. The summed E-state index contributed by atoms with van der Waals surface area (Å²) in [6.45, 7) is 5.22. The van der Waals surface area contributed by atoms with E-state index >= 15 is 0 Å². The molecule has 0 saturated carbocycles. The van der Waals surface area contributed by atoms with Gasteiger partial charge in [0.2, 0.25) is 0 Å². The second-order valence-electron chi connectivity index (χ2n) is 8.90. The Kier molecular flexibility index (Phi) is 5.70. The zero-order chi connectivity index (χ0) is 24.7. The maximum Gasteiger partial charge on any atom is 0.416 e. The highest BCUT2D eigenvalue weighted by molar-refractivity contribution is 5.93. The Hall–Kier alpha value is -3.88. The minimum atomic E-state index is -4.47. The first kappa shape index (κ1) is 22.9. The number of aryl methyl sites for hydroxylation is 1. The molecule has 2 aromatic carbocycles. The van der Waals surface area contributed by atoms with Gasteiger partial charge in [-0.25, -0.2) is 9.97 Å². The molecule has 9 heteroatoms. The van der Waals surface area contributed by atoms with E-state index < -0.39 is 17.8 Å². The van der Waals surface area contributed by atoms with Crippen LogP contribution in [0.5, 0.6) is 0 Å². The fourth-order valence-corrected chi connectivity index (χ4v) is 4.56. The second kappa shape index (κ2) is 8.72. The molecule has 0 amide bonds. The molecule has 35 heavy (non-hydrogen) atoms. The largest absolute Gasteiger partial charge is 0.416 e. The Morgan fingerprint density at radius 3 is 2.71 bits per heavy atom. The Balaban J connectivity index is 1.50. The Morgan fingerprint density at radius 2 is 1.97 bits per heavy atom. The van der Waals surface area contributed by atoms with E-state index in [9.17, 15) is 13.2 Å². The summed E-state index contributed by atoms with van der Waals surface area (Å²) in [5.74, 6) is 1.16. The van der Waals surface area contributed by atoms with E-state index in [0.717, 1.165) is 53.8 Å². The van der Waals surface area contributed by atoms with Crippen molar-refractivity contribution in [1.29, 1.82) is 0 Å². The van der Waals surface area contributed by atoms with Crippen molar-refractivity contribution < 1.29 is 13.2 Å². The molecule has 1 aliphatic heterocycles. The van der Waals surface area contributed by atoms with Crippen LogP contribution in [0.25, 0.3) is 10.9 Å². The van der Waals surface area contributed by atoms with Crippen molar-refractivity contribution in [3.63, 3.8) is 0 Å². The number of benzene rings is 2. The molecular formula is C26H25F3N6. The summed E-state index contributed by atoms with van der Waals surface area (Å²) < 4.78 is 39.9. The molecule has 4 aromatic rings.